The summed E-state index contributed by atoms with van der Waals surface area (Å²) >= 11 is 0. The maximum absolute atomic E-state index is 12.5. The summed E-state index contributed by atoms with van der Waals surface area (Å²) in [5.41, 5.74) is 0.436. The van der Waals surface area contributed by atoms with E-state index >= 15 is 0 Å². The Balaban J connectivity index is 1.49. The summed E-state index contributed by atoms with van der Waals surface area (Å²) in [7, 11) is 2.21. The van der Waals surface area contributed by atoms with Crippen molar-refractivity contribution in [3.8, 4) is 0 Å². The summed E-state index contributed by atoms with van der Waals surface area (Å²) in [6.45, 7) is 6.79. The van der Waals surface area contributed by atoms with Crippen LogP contribution in [0.1, 0.15) is 51.9 Å². The van der Waals surface area contributed by atoms with E-state index < -0.39 is 0 Å². The number of likely N-dealkylation sites (tertiary alicyclic amines) is 2. The Bertz CT molecular complexity index is 362. The molecule has 3 fully saturated rings. The van der Waals surface area contributed by atoms with Crippen LogP contribution in [0.15, 0.2) is 0 Å². The topological polar surface area (TPSA) is 23.6 Å². The summed E-state index contributed by atoms with van der Waals surface area (Å²) in [6.07, 6.45) is 8.53. The molecule has 1 atom stereocenters. The van der Waals surface area contributed by atoms with Gasteiger partial charge in [-0.1, -0.05) is 19.8 Å². The van der Waals surface area contributed by atoms with Crippen LogP contribution in [0.25, 0.3) is 0 Å². The first-order valence-electron chi connectivity index (χ1n) is 8.53. The standard InChI is InChI=1S/C17H30N2O/c1-14-3-5-15(6-4-14)11-16(20)19-10-8-17(13-19)7-9-18(2)12-17/h14-15H,3-13H2,1-2H3/t14?,15?,17-/m0/s1. The van der Waals surface area contributed by atoms with Gasteiger partial charge in [0.05, 0.1) is 0 Å². The summed E-state index contributed by atoms with van der Waals surface area (Å²) in [5, 5.41) is 0. The van der Waals surface area contributed by atoms with Gasteiger partial charge in [-0.25, -0.2) is 0 Å². The zero-order valence-electron chi connectivity index (χ0n) is 13.2. The Morgan fingerprint density at radius 3 is 2.45 bits per heavy atom. The van der Waals surface area contributed by atoms with E-state index in [0.717, 1.165) is 25.4 Å². The van der Waals surface area contributed by atoms with Gasteiger partial charge in [0.1, 0.15) is 0 Å². The zero-order valence-corrected chi connectivity index (χ0v) is 13.2. The minimum absolute atomic E-state index is 0.436. The largest absolute Gasteiger partial charge is 0.342 e. The first kappa shape index (κ1) is 14.4. The van der Waals surface area contributed by atoms with Gasteiger partial charge in [-0.05, 0) is 51.1 Å². The third-order valence-electron chi connectivity index (χ3n) is 6.02. The fraction of sp³-hybridized carbons (Fsp3) is 0.941. The minimum Gasteiger partial charge on any atom is -0.342 e. The van der Waals surface area contributed by atoms with Crippen LogP contribution in [0.5, 0.6) is 0 Å². The highest BCUT2D eigenvalue weighted by Gasteiger charge is 2.43. The smallest absolute Gasteiger partial charge is 0.222 e. The van der Waals surface area contributed by atoms with Crippen molar-refractivity contribution in [2.24, 2.45) is 17.3 Å². The fourth-order valence-electron chi connectivity index (χ4n) is 4.55. The van der Waals surface area contributed by atoms with Crippen LogP contribution in [0, 0.1) is 17.3 Å². The molecule has 0 unspecified atom stereocenters. The normalized spacial score (nSPS) is 38.8. The zero-order chi connectivity index (χ0) is 14.2. The first-order valence-corrected chi connectivity index (χ1v) is 8.53. The molecule has 1 amide bonds. The molecular formula is C17H30N2O. The molecule has 1 saturated carbocycles. The van der Waals surface area contributed by atoms with E-state index in [-0.39, 0.29) is 0 Å². The highest BCUT2D eigenvalue weighted by molar-refractivity contribution is 5.76. The SMILES string of the molecule is CC1CCC(CC(=O)N2CC[C@]3(CCN(C)C3)C2)CC1. The molecule has 3 rings (SSSR count). The molecule has 0 N–H and O–H groups in total. The molecule has 1 spiro atoms. The molecule has 1 aliphatic carbocycles. The molecule has 0 aromatic carbocycles. The van der Waals surface area contributed by atoms with Crippen LogP contribution in [0.2, 0.25) is 0 Å². The summed E-state index contributed by atoms with van der Waals surface area (Å²) in [5.74, 6) is 1.99. The van der Waals surface area contributed by atoms with Crippen molar-refractivity contribution in [2.45, 2.75) is 51.9 Å². The Kier molecular flexibility index (Phi) is 4.07. The average Bonchev–Trinajstić information content (AvgIpc) is 3.00. The quantitative estimate of drug-likeness (QED) is 0.775. The molecule has 3 aliphatic rings. The van der Waals surface area contributed by atoms with Crippen LogP contribution in [0.3, 0.4) is 0 Å². The molecule has 2 aliphatic heterocycles. The number of rotatable bonds is 2. The van der Waals surface area contributed by atoms with Gasteiger partial charge < -0.3 is 9.80 Å². The van der Waals surface area contributed by atoms with Crippen LogP contribution < -0.4 is 0 Å². The van der Waals surface area contributed by atoms with Gasteiger partial charge in [0.15, 0.2) is 0 Å². The number of hydrogen-bond acceptors (Lipinski definition) is 2. The van der Waals surface area contributed by atoms with Gasteiger partial charge in [0.25, 0.3) is 0 Å². The monoisotopic (exact) mass is 278 g/mol. The first-order chi connectivity index (χ1) is 9.56. The number of nitrogens with zero attached hydrogens (tertiary/aromatic N) is 2. The molecule has 2 saturated heterocycles. The van der Waals surface area contributed by atoms with Crippen LogP contribution in [0.4, 0.5) is 0 Å². The van der Waals surface area contributed by atoms with Gasteiger partial charge in [-0.15, -0.1) is 0 Å². The van der Waals surface area contributed by atoms with Gasteiger partial charge in [-0.2, -0.15) is 0 Å². The number of carbonyl (C=O) groups excluding carboxylic acids is 1. The highest BCUT2D eigenvalue weighted by atomic mass is 16.2. The van der Waals surface area contributed by atoms with Crippen molar-refractivity contribution in [1.29, 1.82) is 0 Å². The predicted molar refractivity (Wildman–Crippen MR) is 81.5 cm³/mol. The van der Waals surface area contributed by atoms with Gasteiger partial charge >= 0.3 is 0 Å². The van der Waals surface area contributed by atoms with E-state index in [4.69, 9.17) is 0 Å². The van der Waals surface area contributed by atoms with Crippen LogP contribution >= 0.6 is 0 Å². The molecular weight excluding hydrogens is 248 g/mol. The predicted octanol–water partition coefficient (Wildman–Crippen LogP) is 2.76. The number of carbonyl (C=O) groups is 1. The maximum atomic E-state index is 12.5. The second-order valence-electron chi connectivity index (χ2n) is 7.88. The number of hydrogen-bond donors (Lipinski definition) is 0. The highest BCUT2D eigenvalue weighted by Crippen LogP contribution is 2.39. The maximum Gasteiger partial charge on any atom is 0.222 e. The van der Waals surface area contributed by atoms with Gasteiger partial charge in [0.2, 0.25) is 5.91 Å². The van der Waals surface area contributed by atoms with E-state index in [1.165, 1.54) is 51.6 Å². The summed E-state index contributed by atoms with van der Waals surface area (Å²) in [4.78, 5) is 17.1. The molecule has 0 aromatic heterocycles. The van der Waals surface area contributed by atoms with Crippen molar-refractivity contribution in [2.75, 3.05) is 33.2 Å². The van der Waals surface area contributed by atoms with E-state index in [1.807, 2.05) is 0 Å². The lowest BCUT2D eigenvalue weighted by atomic mass is 9.81. The molecule has 0 aromatic rings. The van der Waals surface area contributed by atoms with Crippen molar-refractivity contribution in [1.82, 2.24) is 9.80 Å². The molecule has 0 radical (unpaired) electrons. The van der Waals surface area contributed by atoms with Crippen molar-refractivity contribution < 1.29 is 4.79 Å². The summed E-state index contributed by atoms with van der Waals surface area (Å²) in [6, 6.07) is 0. The molecule has 114 valence electrons. The van der Waals surface area contributed by atoms with Crippen LogP contribution in [-0.2, 0) is 4.79 Å². The van der Waals surface area contributed by atoms with E-state index in [2.05, 4.69) is 23.8 Å². The lowest BCUT2D eigenvalue weighted by Gasteiger charge is -2.28. The Labute approximate surface area is 123 Å². The molecule has 3 heteroatoms. The third-order valence-corrected chi connectivity index (χ3v) is 6.02. The van der Waals surface area contributed by atoms with E-state index in [9.17, 15) is 4.79 Å². The molecule has 0 bridgehead atoms. The summed E-state index contributed by atoms with van der Waals surface area (Å²) < 4.78 is 0. The van der Waals surface area contributed by atoms with Gasteiger partial charge in [-0.3, -0.25) is 4.79 Å². The Morgan fingerprint density at radius 2 is 1.80 bits per heavy atom. The third kappa shape index (κ3) is 3.03. The van der Waals surface area contributed by atoms with E-state index in [1.54, 1.807) is 0 Å². The fourth-order valence-corrected chi connectivity index (χ4v) is 4.55. The molecule has 20 heavy (non-hydrogen) atoms. The lowest BCUT2D eigenvalue weighted by Crippen LogP contribution is -2.34. The molecule has 2 heterocycles. The van der Waals surface area contributed by atoms with Crippen molar-refractivity contribution >= 4 is 5.91 Å². The second kappa shape index (κ2) is 5.67. The van der Waals surface area contributed by atoms with Crippen molar-refractivity contribution in [3.63, 3.8) is 0 Å². The van der Waals surface area contributed by atoms with Crippen molar-refractivity contribution in [3.05, 3.63) is 0 Å². The average molecular weight is 278 g/mol. The van der Waals surface area contributed by atoms with E-state index in [0.29, 0.717) is 17.2 Å². The Morgan fingerprint density at radius 1 is 1.10 bits per heavy atom. The number of amides is 1. The molecule has 3 nitrogen and oxygen atoms in total. The lowest BCUT2D eigenvalue weighted by molar-refractivity contribution is -0.131. The Hall–Kier alpha value is -0.570. The second-order valence-corrected chi connectivity index (χ2v) is 7.88. The van der Waals surface area contributed by atoms with Crippen LogP contribution in [-0.4, -0.2) is 48.9 Å². The van der Waals surface area contributed by atoms with Gasteiger partial charge in [0, 0.05) is 31.5 Å². The minimum atomic E-state index is 0.436.